The Balaban J connectivity index is 2.95. The lowest BCUT2D eigenvalue weighted by atomic mass is 10.0. The van der Waals surface area contributed by atoms with Crippen LogP contribution in [0.1, 0.15) is 31.4 Å². The fourth-order valence-corrected chi connectivity index (χ4v) is 1.55. The number of benzene rings is 1. The smallest absolute Gasteiger partial charge is 0.330 e. The van der Waals surface area contributed by atoms with Crippen molar-refractivity contribution in [3.63, 3.8) is 0 Å². The van der Waals surface area contributed by atoms with Gasteiger partial charge >= 0.3 is 5.97 Å². The summed E-state index contributed by atoms with van der Waals surface area (Å²) in [4.78, 5) is 11.2. The van der Waals surface area contributed by atoms with E-state index in [2.05, 4.69) is 35.9 Å². The summed E-state index contributed by atoms with van der Waals surface area (Å²) in [6.07, 6.45) is 3.41. The summed E-state index contributed by atoms with van der Waals surface area (Å²) in [5, 5.41) is 0. The van der Waals surface area contributed by atoms with Crippen molar-refractivity contribution in [1.82, 2.24) is 0 Å². The lowest BCUT2D eigenvalue weighted by Gasteiger charge is -2.05. The second-order valence-electron chi connectivity index (χ2n) is 3.60. The summed E-state index contributed by atoms with van der Waals surface area (Å²) in [6, 6.07) is 8.29. The van der Waals surface area contributed by atoms with Crippen molar-refractivity contribution < 1.29 is 9.53 Å². The molecule has 0 heterocycles. The highest BCUT2D eigenvalue weighted by molar-refractivity contribution is 5.91. The zero-order valence-electron chi connectivity index (χ0n) is 10.1. The van der Waals surface area contributed by atoms with E-state index < -0.39 is 0 Å². The Labute approximate surface area is 96.9 Å². The van der Waals surface area contributed by atoms with E-state index >= 15 is 0 Å². The Kier molecular flexibility index (Phi) is 4.77. The zero-order chi connectivity index (χ0) is 12.0. The van der Waals surface area contributed by atoms with Crippen LogP contribution in [0.15, 0.2) is 30.3 Å². The van der Waals surface area contributed by atoms with E-state index in [1.54, 1.807) is 6.08 Å². The maximum atomic E-state index is 11.2. The van der Waals surface area contributed by atoms with Crippen molar-refractivity contribution in [1.29, 1.82) is 0 Å². The van der Waals surface area contributed by atoms with Crippen molar-refractivity contribution in [3.05, 3.63) is 41.5 Å². The summed E-state index contributed by atoms with van der Waals surface area (Å²) in [7, 11) is 1.40. The number of rotatable bonds is 4. The van der Waals surface area contributed by atoms with Crippen molar-refractivity contribution in [3.8, 4) is 0 Å². The molecule has 0 saturated heterocycles. The molecule has 0 unspecified atom stereocenters. The van der Waals surface area contributed by atoms with E-state index in [9.17, 15) is 4.79 Å². The van der Waals surface area contributed by atoms with Gasteiger partial charge in [-0.15, -0.1) is 0 Å². The van der Waals surface area contributed by atoms with Gasteiger partial charge in [-0.2, -0.15) is 0 Å². The third-order valence-electron chi connectivity index (χ3n) is 2.61. The first-order chi connectivity index (χ1) is 7.71. The maximum absolute atomic E-state index is 11.2. The Morgan fingerprint density at radius 2 is 1.88 bits per heavy atom. The van der Waals surface area contributed by atoms with Crippen LogP contribution in [-0.4, -0.2) is 13.1 Å². The van der Waals surface area contributed by atoms with Gasteiger partial charge in [-0.3, -0.25) is 0 Å². The summed E-state index contributed by atoms with van der Waals surface area (Å²) >= 11 is 0. The zero-order valence-corrected chi connectivity index (χ0v) is 10.1. The average molecular weight is 218 g/mol. The molecular formula is C14H18O2. The minimum Gasteiger partial charge on any atom is -0.466 e. The van der Waals surface area contributed by atoms with Gasteiger partial charge in [0, 0.05) is 6.08 Å². The number of aryl methyl sites for hydroxylation is 1. The Morgan fingerprint density at radius 1 is 1.25 bits per heavy atom. The number of ether oxygens (including phenoxy) is 1. The molecule has 0 saturated carbocycles. The molecule has 0 fully saturated rings. The van der Waals surface area contributed by atoms with Crippen LogP contribution in [0.2, 0.25) is 0 Å². The number of hydrogen-bond acceptors (Lipinski definition) is 2. The Hall–Kier alpha value is -1.57. The van der Waals surface area contributed by atoms with Crippen LogP contribution >= 0.6 is 0 Å². The SMILES string of the molecule is CC/C(=C/C(=O)OC)c1ccc(CC)cc1. The number of carbonyl (C=O) groups excluding carboxylic acids is 1. The van der Waals surface area contributed by atoms with Crippen molar-refractivity contribution in [2.75, 3.05) is 7.11 Å². The first kappa shape index (κ1) is 12.5. The van der Waals surface area contributed by atoms with Gasteiger partial charge in [-0.25, -0.2) is 4.79 Å². The monoisotopic (exact) mass is 218 g/mol. The summed E-state index contributed by atoms with van der Waals surface area (Å²) < 4.78 is 4.63. The molecule has 2 heteroatoms. The van der Waals surface area contributed by atoms with Crippen molar-refractivity contribution in [2.45, 2.75) is 26.7 Å². The molecule has 86 valence electrons. The van der Waals surface area contributed by atoms with Crippen LogP contribution in [0.25, 0.3) is 5.57 Å². The number of hydrogen-bond donors (Lipinski definition) is 0. The van der Waals surface area contributed by atoms with Crippen molar-refractivity contribution in [2.24, 2.45) is 0 Å². The molecule has 1 rings (SSSR count). The van der Waals surface area contributed by atoms with Gasteiger partial charge in [0.2, 0.25) is 0 Å². The first-order valence-corrected chi connectivity index (χ1v) is 5.59. The van der Waals surface area contributed by atoms with E-state index in [4.69, 9.17) is 0 Å². The fourth-order valence-electron chi connectivity index (χ4n) is 1.55. The second kappa shape index (κ2) is 6.11. The number of allylic oxidation sites excluding steroid dienone is 1. The molecule has 0 aliphatic heterocycles. The lowest BCUT2D eigenvalue weighted by Crippen LogP contribution is -1.97. The quantitative estimate of drug-likeness (QED) is 0.573. The third-order valence-corrected chi connectivity index (χ3v) is 2.61. The van der Waals surface area contributed by atoms with Crippen LogP contribution in [-0.2, 0) is 16.0 Å². The molecule has 0 N–H and O–H groups in total. The normalized spacial score (nSPS) is 11.3. The van der Waals surface area contributed by atoms with Gasteiger partial charge in [0.25, 0.3) is 0 Å². The van der Waals surface area contributed by atoms with E-state index in [0.717, 1.165) is 24.0 Å². The van der Waals surface area contributed by atoms with Crippen LogP contribution < -0.4 is 0 Å². The molecule has 1 aromatic rings. The molecule has 0 radical (unpaired) electrons. The fraction of sp³-hybridized carbons (Fsp3) is 0.357. The molecule has 0 spiro atoms. The highest BCUT2D eigenvalue weighted by Crippen LogP contribution is 2.18. The van der Waals surface area contributed by atoms with Crippen LogP contribution in [0.3, 0.4) is 0 Å². The molecule has 16 heavy (non-hydrogen) atoms. The van der Waals surface area contributed by atoms with Crippen LogP contribution in [0, 0.1) is 0 Å². The number of carbonyl (C=O) groups is 1. The molecule has 1 aromatic carbocycles. The van der Waals surface area contributed by atoms with Crippen LogP contribution in [0.4, 0.5) is 0 Å². The minimum absolute atomic E-state index is 0.295. The highest BCUT2D eigenvalue weighted by atomic mass is 16.5. The number of methoxy groups -OCH3 is 1. The molecule has 0 aromatic heterocycles. The lowest BCUT2D eigenvalue weighted by molar-refractivity contribution is -0.134. The summed E-state index contributed by atoms with van der Waals surface area (Å²) in [5.74, 6) is -0.295. The summed E-state index contributed by atoms with van der Waals surface area (Å²) in [6.45, 7) is 4.16. The van der Waals surface area contributed by atoms with Gasteiger partial charge in [0.05, 0.1) is 7.11 Å². The molecule has 0 amide bonds. The van der Waals surface area contributed by atoms with Crippen molar-refractivity contribution >= 4 is 11.5 Å². The summed E-state index contributed by atoms with van der Waals surface area (Å²) in [5.41, 5.74) is 3.40. The third kappa shape index (κ3) is 3.23. The predicted octanol–water partition coefficient (Wildman–Crippen LogP) is 3.22. The van der Waals surface area contributed by atoms with Crippen LogP contribution in [0.5, 0.6) is 0 Å². The molecule has 0 atom stereocenters. The molecule has 0 aliphatic carbocycles. The first-order valence-electron chi connectivity index (χ1n) is 5.59. The largest absolute Gasteiger partial charge is 0.466 e. The molecule has 0 aliphatic rings. The van der Waals surface area contributed by atoms with Gasteiger partial charge in [-0.05, 0) is 29.5 Å². The molecule has 0 bridgehead atoms. The van der Waals surface area contributed by atoms with Gasteiger partial charge in [-0.1, -0.05) is 38.1 Å². The Morgan fingerprint density at radius 3 is 2.31 bits per heavy atom. The number of esters is 1. The molecular weight excluding hydrogens is 200 g/mol. The highest BCUT2D eigenvalue weighted by Gasteiger charge is 2.02. The van der Waals surface area contributed by atoms with E-state index in [-0.39, 0.29) is 5.97 Å². The maximum Gasteiger partial charge on any atom is 0.330 e. The predicted molar refractivity (Wildman–Crippen MR) is 66.1 cm³/mol. The average Bonchev–Trinajstić information content (AvgIpc) is 2.35. The van der Waals surface area contributed by atoms with Gasteiger partial charge < -0.3 is 4.74 Å². The van der Waals surface area contributed by atoms with E-state index in [0.29, 0.717) is 0 Å². The second-order valence-corrected chi connectivity index (χ2v) is 3.60. The van der Waals surface area contributed by atoms with Gasteiger partial charge in [0.15, 0.2) is 0 Å². The van der Waals surface area contributed by atoms with E-state index in [1.165, 1.54) is 12.7 Å². The minimum atomic E-state index is -0.295. The topological polar surface area (TPSA) is 26.3 Å². The van der Waals surface area contributed by atoms with Gasteiger partial charge in [0.1, 0.15) is 0 Å². The van der Waals surface area contributed by atoms with E-state index in [1.807, 2.05) is 6.92 Å². The standard InChI is InChI=1S/C14H18O2/c1-4-11-6-8-13(9-7-11)12(5-2)10-14(15)16-3/h6-10H,4-5H2,1-3H3/b12-10-. The molecule has 2 nitrogen and oxygen atoms in total. The Bertz CT molecular complexity index is 374.